The number of hydrogen-bond acceptors (Lipinski definition) is 3. The van der Waals surface area contributed by atoms with Crippen LogP contribution in [-0.2, 0) is 14.6 Å². The summed E-state index contributed by atoms with van der Waals surface area (Å²) in [7, 11) is -7.39. The van der Waals surface area contributed by atoms with Gasteiger partial charge in [0.25, 0.3) is 0 Å². The summed E-state index contributed by atoms with van der Waals surface area (Å²) in [6, 6.07) is 0. The van der Waals surface area contributed by atoms with E-state index >= 15 is 0 Å². The van der Waals surface area contributed by atoms with Crippen molar-refractivity contribution in [3.8, 4) is 0 Å². The van der Waals surface area contributed by atoms with E-state index in [1.165, 1.54) is 4.18 Å². The van der Waals surface area contributed by atoms with Gasteiger partial charge in [-0.2, -0.15) is 140 Å². The molecule has 0 spiro atoms. The Kier molecular flexibility index (Phi) is 10.4. The first kappa shape index (κ1) is 45.8. The molecule has 0 aromatic carbocycles. The Morgan fingerprint density at radius 2 is 0.438 bits per heavy atom. The normalized spacial score (nSPS) is 17.2. The van der Waals surface area contributed by atoms with Gasteiger partial charge in [0.05, 0.1) is 0 Å². The minimum absolute atomic E-state index is 1.37. The summed E-state index contributed by atoms with van der Waals surface area (Å²) in [4.78, 5) is 0. The number of rotatable bonds is 14. The van der Waals surface area contributed by atoms with Gasteiger partial charge in [-0.25, -0.2) is 0 Å². The van der Waals surface area contributed by atoms with Crippen molar-refractivity contribution in [3.05, 3.63) is 0 Å². The minimum Gasteiger partial charge on any atom is -0.263 e. The lowest BCUT2D eigenvalue weighted by atomic mass is 9.84. The predicted molar refractivity (Wildman–Crippen MR) is 83.0 cm³/mol. The van der Waals surface area contributed by atoms with Gasteiger partial charge in [-0.15, -0.1) is 0 Å². The van der Waals surface area contributed by atoms with E-state index in [4.69, 9.17) is 4.55 Å². The summed E-state index contributed by atoms with van der Waals surface area (Å²) in [6.45, 7) is 0. The molecule has 48 heavy (non-hydrogen) atoms. The molecule has 0 atom stereocenters. The Labute approximate surface area is 239 Å². The number of halogens is 29. The Morgan fingerprint density at radius 3 is 0.583 bits per heavy atom. The first-order valence-electron chi connectivity index (χ1n) is 9.62. The van der Waals surface area contributed by atoms with E-state index in [0.717, 1.165) is 0 Å². The highest BCUT2D eigenvalue weighted by atomic mass is 32.3. The van der Waals surface area contributed by atoms with Crippen LogP contribution in [0, 0.1) is 0 Å². The van der Waals surface area contributed by atoms with Crippen molar-refractivity contribution in [3.63, 3.8) is 0 Å². The molecule has 0 radical (unpaired) electrons. The second-order valence-corrected chi connectivity index (χ2v) is 9.44. The van der Waals surface area contributed by atoms with Crippen molar-refractivity contribution in [1.82, 2.24) is 0 Å². The largest absolute Gasteiger partial charge is 0.460 e. The van der Waals surface area contributed by atoms with E-state index in [1.54, 1.807) is 0 Å². The third-order valence-corrected chi connectivity index (χ3v) is 5.69. The van der Waals surface area contributed by atoms with Crippen molar-refractivity contribution in [2.45, 2.75) is 83.4 Å². The van der Waals surface area contributed by atoms with Crippen LogP contribution in [0.2, 0.25) is 0 Å². The summed E-state index contributed by atoms with van der Waals surface area (Å²) >= 11 is 0. The fourth-order valence-corrected chi connectivity index (χ4v) is 2.89. The second-order valence-electron chi connectivity index (χ2n) is 8.42. The van der Waals surface area contributed by atoms with Crippen LogP contribution in [0.15, 0.2) is 0 Å². The van der Waals surface area contributed by atoms with Crippen LogP contribution < -0.4 is 0 Å². The lowest BCUT2D eigenvalue weighted by Crippen LogP contribution is -2.79. The number of alkyl halides is 29. The lowest BCUT2D eigenvalue weighted by molar-refractivity contribution is -0.490. The molecule has 0 fully saturated rings. The van der Waals surface area contributed by atoms with Crippen molar-refractivity contribution < 1.29 is 144 Å². The summed E-state index contributed by atoms with van der Waals surface area (Å²) in [5, 5.41) is 0. The van der Waals surface area contributed by atoms with Gasteiger partial charge >= 0.3 is 93.8 Å². The predicted octanol–water partition coefficient (Wildman–Crippen LogP) is 8.58. The Balaban J connectivity index is 7.59. The minimum atomic E-state index is -10.1. The van der Waals surface area contributed by atoms with Crippen LogP contribution >= 0.6 is 0 Å². The van der Waals surface area contributed by atoms with Crippen LogP contribution in [0.4, 0.5) is 127 Å². The molecule has 34 heteroatoms. The molecular formula is C14HF29O4S. The molecule has 0 bridgehead atoms. The summed E-state index contributed by atoms with van der Waals surface area (Å²) in [5.74, 6) is -116. The molecule has 0 aliphatic rings. The summed E-state index contributed by atoms with van der Waals surface area (Å²) < 4.78 is 414. The zero-order valence-electron chi connectivity index (χ0n) is 20.0. The molecule has 1 N–H and O–H groups in total. The zero-order valence-corrected chi connectivity index (χ0v) is 20.9. The van der Waals surface area contributed by atoms with Gasteiger partial charge in [-0.1, -0.05) is 0 Å². The fraction of sp³-hybridized carbons (Fsp3) is 1.00. The molecule has 0 saturated heterocycles. The zero-order chi connectivity index (χ0) is 40.2. The first-order valence-corrected chi connectivity index (χ1v) is 11.0. The molecule has 0 unspecified atom stereocenters. The van der Waals surface area contributed by atoms with E-state index in [1.807, 2.05) is 0 Å². The Morgan fingerprint density at radius 1 is 0.292 bits per heavy atom. The molecular weight excluding hydrogens is 815 g/mol. The third-order valence-electron chi connectivity index (χ3n) is 5.27. The maximum absolute atomic E-state index is 13.7. The third kappa shape index (κ3) is 5.51. The fourth-order valence-electron chi connectivity index (χ4n) is 2.52. The molecule has 0 aliphatic carbocycles. The first-order chi connectivity index (χ1) is 20.0. The van der Waals surface area contributed by atoms with Gasteiger partial charge in [0.15, 0.2) is 0 Å². The molecule has 0 amide bonds. The number of hydrogen-bond donors (Lipinski definition) is 1. The highest BCUT2D eigenvalue weighted by Crippen LogP contribution is 2.69. The van der Waals surface area contributed by atoms with Crippen LogP contribution in [0.5, 0.6) is 0 Å². The van der Waals surface area contributed by atoms with Crippen molar-refractivity contribution >= 4 is 10.4 Å². The van der Waals surface area contributed by atoms with Gasteiger partial charge in [-0.05, 0) is 0 Å². The molecule has 290 valence electrons. The van der Waals surface area contributed by atoms with Crippen LogP contribution in [0.1, 0.15) is 0 Å². The van der Waals surface area contributed by atoms with E-state index in [9.17, 15) is 136 Å². The van der Waals surface area contributed by atoms with Crippen molar-refractivity contribution in [2.75, 3.05) is 0 Å². The Bertz CT molecular complexity index is 1310. The summed E-state index contributed by atoms with van der Waals surface area (Å²) in [5.41, 5.74) is 0. The van der Waals surface area contributed by atoms with E-state index in [-0.39, 0.29) is 0 Å². The van der Waals surface area contributed by atoms with Gasteiger partial charge < -0.3 is 0 Å². The molecule has 0 aromatic rings. The molecule has 0 aromatic heterocycles. The van der Waals surface area contributed by atoms with Gasteiger partial charge in [0.2, 0.25) is 0 Å². The van der Waals surface area contributed by atoms with E-state index in [2.05, 4.69) is 0 Å². The van der Waals surface area contributed by atoms with Gasteiger partial charge in [-0.3, -0.25) is 4.55 Å². The van der Waals surface area contributed by atoms with E-state index in [0.29, 0.717) is 0 Å². The van der Waals surface area contributed by atoms with Crippen molar-refractivity contribution in [1.29, 1.82) is 0 Å². The van der Waals surface area contributed by atoms with E-state index < -0.39 is 93.8 Å². The highest BCUT2D eigenvalue weighted by molar-refractivity contribution is 7.80. The van der Waals surface area contributed by atoms with Crippen LogP contribution in [0.25, 0.3) is 0 Å². The molecule has 0 aliphatic heterocycles. The molecule has 4 nitrogen and oxygen atoms in total. The van der Waals surface area contributed by atoms with Crippen molar-refractivity contribution in [2.24, 2.45) is 0 Å². The monoisotopic (exact) mass is 816 g/mol. The lowest BCUT2D eigenvalue weighted by Gasteiger charge is -2.46. The quantitative estimate of drug-likeness (QED) is 0.141. The molecule has 0 rings (SSSR count). The van der Waals surface area contributed by atoms with Gasteiger partial charge in [0, 0.05) is 0 Å². The van der Waals surface area contributed by atoms with Crippen LogP contribution in [-0.4, -0.2) is 96.3 Å². The summed E-state index contributed by atoms with van der Waals surface area (Å²) in [6.07, 6.45) is -16.5. The SMILES string of the molecule is O=S(=O)(O)OC(F)(F)C(F)(F)C(F)(F)C(F)(F)C(F)(F)C(F)(F)C(F)(F)C(F)(F)C(F)(F)C(F)(F)C(F)(F)C(F)(F)C(F)(F)C(F)(F)F. The second kappa shape index (κ2) is 10.9. The molecule has 0 saturated carbocycles. The smallest absolute Gasteiger partial charge is 0.263 e. The van der Waals surface area contributed by atoms with Gasteiger partial charge in [0.1, 0.15) is 0 Å². The average molecular weight is 816 g/mol. The maximum Gasteiger partial charge on any atom is 0.460 e. The molecule has 0 heterocycles. The van der Waals surface area contributed by atoms with Crippen LogP contribution in [0.3, 0.4) is 0 Å². The topological polar surface area (TPSA) is 63.6 Å². The average Bonchev–Trinajstić information content (AvgIpc) is 2.80. The standard InChI is InChI=1S/C14HF29O4S/c15-1(16,3(19,20)5(23,24)7(27,28)9(31,32)11(35,36)13(39,40)41)2(17,18)4(21,22)6(25,26)8(29,30)10(33,34)12(37,38)14(42,43)47-48(44,45)46/h(H,44,45,46). The Hall–Kier alpha value is -2.16. The maximum atomic E-state index is 13.7. The highest BCUT2D eigenvalue weighted by Gasteiger charge is 3.01.